The molecule has 0 unspecified atom stereocenters. The van der Waals surface area contributed by atoms with Crippen molar-refractivity contribution in [2.24, 2.45) is 0 Å². The first-order valence-corrected chi connectivity index (χ1v) is 6.30. The number of nitrogens with zero attached hydrogens (tertiary/aromatic N) is 2. The highest BCUT2D eigenvalue weighted by molar-refractivity contribution is 7.89. The summed E-state index contributed by atoms with van der Waals surface area (Å²) in [5.74, 6) is 0. The average Bonchev–Trinajstić information content (AvgIpc) is 2.18. The summed E-state index contributed by atoms with van der Waals surface area (Å²) in [4.78, 5) is 4.09. The molecule has 0 amide bonds. The molecule has 0 atom stereocenters. The minimum absolute atomic E-state index is 0.321. The molecule has 4 nitrogen and oxygen atoms in total. The Morgan fingerprint density at radius 3 is 2.53 bits per heavy atom. The molecule has 0 fully saturated rings. The van der Waals surface area contributed by atoms with Crippen molar-refractivity contribution in [1.82, 2.24) is 9.29 Å². The molecule has 0 radical (unpaired) electrons. The molecule has 0 aliphatic rings. The van der Waals surface area contributed by atoms with E-state index in [1.807, 2.05) is 12.1 Å². The van der Waals surface area contributed by atoms with Crippen molar-refractivity contribution in [1.29, 1.82) is 0 Å². The molecular formula is C10H16N2O2S. The monoisotopic (exact) mass is 228 g/mol. The zero-order valence-electron chi connectivity index (χ0n) is 9.21. The normalized spacial score (nSPS) is 12.3. The maximum atomic E-state index is 11.7. The van der Waals surface area contributed by atoms with Crippen LogP contribution >= 0.6 is 0 Å². The Labute approximate surface area is 91.0 Å². The summed E-state index contributed by atoms with van der Waals surface area (Å²) in [6.45, 7) is 3.66. The summed E-state index contributed by atoms with van der Waals surface area (Å²) in [5.41, 5.74) is 0.754. The van der Waals surface area contributed by atoms with Crippen LogP contribution < -0.4 is 0 Å². The first kappa shape index (κ1) is 12.1. The molecule has 1 rings (SSSR count). The molecule has 5 heteroatoms. The van der Waals surface area contributed by atoms with Crippen molar-refractivity contribution in [3.63, 3.8) is 0 Å². The van der Waals surface area contributed by atoms with E-state index in [1.165, 1.54) is 4.31 Å². The molecule has 0 aliphatic heterocycles. The summed E-state index contributed by atoms with van der Waals surface area (Å²) in [5, 5.41) is -0.397. The summed E-state index contributed by atoms with van der Waals surface area (Å²) < 4.78 is 24.8. The molecule has 1 aromatic heterocycles. The van der Waals surface area contributed by atoms with Crippen LogP contribution in [-0.2, 0) is 16.6 Å². The van der Waals surface area contributed by atoms with Crippen LogP contribution in [0.3, 0.4) is 0 Å². The van der Waals surface area contributed by atoms with Crippen LogP contribution in [0, 0.1) is 0 Å². The molecule has 0 saturated heterocycles. The molecular weight excluding hydrogens is 212 g/mol. The van der Waals surface area contributed by atoms with Crippen LogP contribution in [0.4, 0.5) is 0 Å². The molecule has 0 N–H and O–H groups in total. The van der Waals surface area contributed by atoms with Crippen molar-refractivity contribution in [2.75, 3.05) is 7.05 Å². The van der Waals surface area contributed by atoms with Crippen molar-refractivity contribution >= 4 is 10.0 Å². The molecule has 0 spiro atoms. The summed E-state index contributed by atoms with van der Waals surface area (Å²) in [7, 11) is -1.61. The highest BCUT2D eigenvalue weighted by atomic mass is 32.2. The van der Waals surface area contributed by atoms with Gasteiger partial charge in [-0.05, 0) is 26.0 Å². The van der Waals surface area contributed by atoms with E-state index in [4.69, 9.17) is 0 Å². The predicted octanol–water partition coefficient (Wildman–Crippen LogP) is 1.25. The molecule has 0 bridgehead atoms. The van der Waals surface area contributed by atoms with Crippen LogP contribution in [0.15, 0.2) is 24.4 Å². The van der Waals surface area contributed by atoms with Crippen molar-refractivity contribution in [3.8, 4) is 0 Å². The zero-order valence-corrected chi connectivity index (χ0v) is 10.0. The Kier molecular flexibility index (Phi) is 3.82. The quantitative estimate of drug-likeness (QED) is 0.779. The zero-order chi connectivity index (χ0) is 11.5. The van der Waals surface area contributed by atoms with Gasteiger partial charge in [0.2, 0.25) is 10.0 Å². The topological polar surface area (TPSA) is 50.3 Å². The van der Waals surface area contributed by atoms with E-state index in [0.717, 1.165) is 5.69 Å². The fourth-order valence-corrected chi connectivity index (χ4v) is 2.20. The first-order chi connectivity index (χ1) is 6.94. The fourth-order valence-electron chi connectivity index (χ4n) is 1.17. The number of hydrogen-bond donors (Lipinski definition) is 0. The minimum atomic E-state index is -3.18. The number of rotatable bonds is 4. The number of sulfonamides is 1. The first-order valence-electron chi connectivity index (χ1n) is 4.79. The van der Waals surface area contributed by atoms with Gasteiger partial charge >= 0.3 is 0 Å². The Hall–Kier alpha value is -0.940. The highest BCUT2D eigenvalue weighted by Gasteiger charge is 2.22. The largest absolute Gasteiger partial charge is 0.260 e. The van der Waals surface area contributed by atoms with Gasteiger partial charge in [0.25, 0.3) is 0 Å². The third-order valence-electron chi connectivity index (χ3n) is 2.14. The predicted molar refractivity (Wildman–Crippen MR) is 59.8 cm³/mol. The summed E-state index contributed by atoms with van der Waals surface area (Å²) in [6, 6.07) is 5.46. The molecule has 0 aromatic carbocycles. The maximum Gasteiger partial charge on any atom is 0.216 e. The van der Waals surface area contributed by atoms with Gasteiger partial charge in [-0.3, -0.25) is 4.98 Å². The average molecular weight is 228 g/mol. The van der Waals surface area contributed by atoms with E-state index in [2.05, 4.69) is 4.98 Å². The van der Waals surface area contributed by atoms with Crippen molar-refractivity contribution in [2.45, 2.75) is 25.6 Å². The molecule has 15 heavy (non-hydrogen) atoms. The fraction of sp³-hybridized carbons (Fsp3) is 0.500. The summed E-state index contributed by atoms with van der Waals surface area (Å²) in [6.07, 6.45) is 1.66. The maximum absolute atomic E-state index is 11.7. The Morgan fingerprint density at radius 1 is 1.40 bits per heavy atom. The van der Waals surface area contributed by atoms with E-state index in [0.29, 0.717) is 6.54 Å². The lowest BCUT2D eigenvalue weighted by molar-refractivity contribution is 0.455. The molecule has 84 valence electrons. The molecule has 0 saturated carbocycles. The lowest BCUT2D eigenvalue weighted by Crippen LogP contribution is -2.32. The van der Waals surface area contributed by atoms with Gasteiger partial charge < -0.3 is 0 Å². The van der Waals surface area contributed by atoms with E-state index >= 15 is 0 Å². The molecule has 1 aromatic rings. The third-order valence-corrected chi connectivity index (χ3v) is 4.33. The van der Waals surface area contributed by atoms with Crippen LogP contribution in [0.5, 0.6) is 0 Å². The van der Waals surface area contributed by atoms with Gasteiger partial charge in [0.1, 0.15) is 0 Å². The van der Waals surface area contributed by atoms with Gasteiger partial charge in [0, 0.05) is 13.2 Å². The van der Waals surface area contributed by atoms with Gasteiger partial charge in [-0.25, -0.2) is 8.42 Å². The third kappa shape index (κ3) is 3.00. The SMILES string of the molecule is CC(C)S(=O)(=O)N(C)Cc1ccccn1. The Morgan fingerprint density at radius 2 is 2.07 bits per heavy atom. The van der Waals surface area contributed by atoms with Crippen LogP contribution in [0.2, 0.25) is 0 Å². The van der Waals surface area contributed by atoms with E-state index in [1.54, 1.807) is 33.2 Å². The van der Waals surface area contributed by atoms with E-state index in [9.17, 15) is 8.42 Å². The minimum Gasteiger partial charge on any atom is -0.260 e. The smallest absolute Gasteiger partial charge is 0.216 e. The van der Waals surface area contributed by atoms with Crippen LogP contribution in [0.1, 0.15) is 19.5 Å². The van der Waals surface area contributed by atoms with Crippen molar-refractivity contribution in [3.05, 3.63) is 30.1 Å². The van der Waals surface area contributed by atoms with E-state index in [-0.39, 0.29) is 0 Å². The Balaban J connectivity index is 2.77. The van der Waals surface area contributed by atoms with E-state index < -0.39 is 15.3 Å². The molecule has 1 heterocycles. The molecule has 0 aliphatic carbocycles. The summed E-state index contributed by atoms with van der Waals surface area (Å²) >= 11 is 0. The van der Waals surface area contributed by atoms with Gasteiger partial charge in [-0.1, -0.05) is 6.07 Å². The highest BCUT2D eigenvalue weighted by Crippen LogP contribution is 2.09. The van der Waals surface area contributed by atoms with Gasteiger partial charge in [0.05, 0.1) is 17.5 Å². The van der Waals surface area contributed by atoms with Crippen LogP contribution in [0.25, 0.3) is 0 Å². The number of aromatic nitrogens is 1. The number of hydrogen-bond acceptors (Lipinski definition) is 3. The Bertz CT molecular complexity index is 401. The standard InChI is InChI=1S/C10H16N2O2S/c1-9(2)15(13,14)12(3)8-10-6-4-5-7-11-10/h4-7,9H,8H2,1-3H3. The van der Waals surface area contributed by atoms with Crippen molar-refractivity contribution < 1.29 is 8.42 Å². The lowest BCUT2D eigenvalue weighted by atomic mass is 10.3. The number of pyridine rings is 1. The second-order valence-corrected chi connectivity index (χ2v) is 6.27. The van der Waals surface area contributed by atoms with Gasteiger partial charge in [0.15, 0.2) is 0 Å². The van der Waals surface area contributed by atoms with Gasteiger partial charge in [-0.2, -0.15) is 4.31 Å². The van der Waals surface area contributed by atoms with Crippen LogP contribution in [-0.4, -0.2) is 30.0 Å². The second-order valence-electron chi connectivity index (χ2n) is 3.67. The van der Waals surface area contributed by atoms with Gasteiger partial charge in [-0.15, -0.1) is 0 Å². The lowest BCUT2D eigenvalue weighted by Gasteiger charge is -2.19. The second kappa shape index (κ2) is 4.72.